The highest BCUT2D eigenvalue weighted by molar-refractivity contribution is 7.92. The number of benzene rings is 1. The summed E-state index contributed by atoms with van der Waals surface area (Å²) >= 11 is 0. The fourth-order valence-corrected chi connectivity index (χ4v) is 4.67. The molecule has 1 saturated heterocycles. The molecule has 35 heavy (non-hydrogen) atoms. The van der Waals surface area contributed by atoms with Crippen LogP contribution < -0.4 is 11.2 Å². The molecule has 0 spiro atoms. The predicted octanol–water partition coefficient (Wildman–Crippen LogP) is 0.287. The highest BCUT2D eigenvalue weighted by Crippen LogP contribution is 2.23. The molecule has 2 heterocycles. The molecular formula is C24H29N5O5S. The lowest BCUT2D eigenvalue weighted by molar-refractivity contribution is -0.132. The van der Waals surface area contributed by atoms with Gasteiger partial charge in [-0.1, -0.05) is 11.8 Å². The van der Waals surface area contributed by atoms with E-state index in [1.165, 1.54) is 12.4 Å². The number of likely N-dealkylation sites (tertiary alicyclic amines) is 1. The van der Waals surface area contributed by atoms with Crippen molar-refractivity contribution in [1.82, 2.24) is 20.2 Å². The molecule has 1 aliphatic rings. The number of hydrogen-bond acceptors (Lipinski definition) is 7. The maximum atomic E-state index is 12.1. The number of aryl methyl sites for hydroxylation is 1. The van der Waals surface area contributed by atoms with Gasteiger partial charge < -0.3 is 10.6 Å². The van der Waals surface area contributed by atoms with E-state index in [9.17, 15) is 18.0 Å². The minimum atomic E-state index is -3.78. The van der Waals surface area contributed by atoms with Crippen LogP contribution >= 0.6 is 0 Å². The summed E-state index contributed by atoms with van der Waals surface area (Å²) in [6, 6.07) is 5.50. The van der Waals surface area contributed by atoms with Crippen LogP contribution in [0.3, 0.4) is 0 Å². The number of hydroxylamine groups is 1. The average molecular weight is 500 g/mol. The Hall–Kier alpha value is -3.38. The van der Waals surface area contributed by atoms with Crippen molar-refractivity contribution < 1.29 is 23.2 Å². The third-order valence-corrected chi connectivity index (χ3v) is 8.36. The second-order valence-corrected chi connectivity index (χ2v) is 11.2. The van der Waals surface area contributed by atoms with Gasteiger partial charge in [-0.3, -0.25) is 19.5 Å². The smallest absolute Gasteiger partial charge is 0.264 e. The summed E-state index contributed by atoms with van der Waals surface area (Å²) in [6.45, 7) is 2.80. The van der Waals surface area contributed by atoms with Crippen LogP contribution in [-0.2, 0) is 26.0 Å². The van der Waals surface area contributed by atoms with Crippen molar-refractivity contribution in [3.05, 3.63) is 30.0 Å². The van der Waals surface area contributed by atoms with E-state index in [4.69, 9.17) is 10.9 Å². The molecule has 2 amide bonds. The maximum Gasteiger partial charge on any atom is 0.264 e. The van der Waals surface area contributed by atoms with Crippen molar-refractivity contribution in [2.45, 2.75) is 37.5 Å². The van der Waals surface area contributed by atoms with Crippen LogP contribution in [0.1, 0.15) is 31.7 Å². The topological polar surface area (TPSA) is 148 Å². The van der Waals surface area contributed by atoms with E-state index in [0.29, 0.717) is 18.6 Å². The third kappa shape index (κ3) is 6.20. The van der Waals surface area contributed by atoms with Crippen molar-refractivity contribution >= 4 is 32.6 Å². The van der Waals surface area contributed by atoms with E-state index in [1.807, 2.05) is 18.2 Å². The number of piperidine rings is 1. The molecular weight excluding hydrogens is 470 g/mol. The van der Waals surface area contributed by atoms with E-state index < -0.39 is 20.5 Å². The Morgan fingerprint density at radius 3 is 2.63 bits per heavy atom. The van der Waals surface area contributed by atoms with Gasteiger partial charge in [-0.25, -0.2) is 13.9 Å². The van der Waals surface area contributed by atoms with Gasteiger partial charge in [0.25, 0.3) is 5.91 Å². The lowest BCUT2D eigenvalue weighted by Crippen LogP contribution is -2.49. The summed E-state index contributed by atoms with van der Waals surface area (Å²) in [5, 5.41) is 14.2. The molecule has 0 aliphatic carbocycles. The Morgan fingerprint density at radius 2 is 2.00 bits per heavy atom. The average Bonchev–Trinajstić information content (AvgIpc) is 3.26. The molecule has 1 unspecified atom stereocenters. The van der Waals surface area contributed by atoms with Crippen LogP contribution in [0.4, 0.5) is 0 Å². The normalized spacial score (nSPS) is 15.9. The Labute approximate surface area is 204 Å². The predicted molar refractivity (Wildman–Crippen MR) is 131 cm³/mol. The Balaban J connectivity index is 1.65. The number of nitrogens with zero attached hydrogens (tertiary/aromatic N) is 3. The maximum absolute atomic E-state index is 12.1. The number of amides is 2. The lowest BCUT2D eigenvalue weighted by atomic mass is 9.97. The van der Waals surface area contributed by atoms with Crippen molar-refractivity contribution in [3.8, 4) is 23.7 Å². The van der Waals surface area contributed by atoms with Crippen LogP contribution in [0.5, 0.6) is 0 Å². The second-order valence-electron chi connectivity index (χ2n) is 8.74. The number of aromatic nitrogens is 2. The summed E-state index contributed by atoms with van der Waals surface area (Å²) in [6.07, 6.45) is 4.27. The molecule has 1 fully saturated rings. The number of carbonyl (C=O) groups is 2. The first kappa shape index (κ1) is 26.2. The standard InChI is InChI=1S/C24H29N5O5S/c1-24(23(31)27-32,35(2,33)34)11-14-29-17-20-15-19(7-8-21(20)26-29)6-4-3-5-18-9-12-28(13-10-18)22(30)16-25/h7-8,15,17-18,32H,9-14,16,25H2,1-2H3,(H,27,31). The molecule has 0 radical (unpaired) electrons. The van der Waals surface area contributed by atoms with Gasteiger partial charge in [-0.05, 0) is 56.2 Å². The highest BCUT2D eigenvalue weighted by atomic mass is 32.2. The van der Waals surface area contributed by atoms with Crippen molar-refractivity contribution in [1.29, 1.82) is 0 Å². The molecule has 4 N–H and O–H groups in total. The largest absolute Gasteiger partial charge is 0.342 e. The van der Waals surface area contributed by atoms with Gasteiger partial charge in [-0.2, -0.15) is 5.10 Å². The van der Waals surface area contributed by atoms with Gasteiger partial charge in [0.15, 0.2) is 14.6 Å². The first-order valence-electron chi connectivity index (χ1n) is 11.2. The monoisotopic (exact) mass is 499 g/mol. The van der Waals surface area contributed by atoms with Crippen LogP contribution in [-0.4, -0.2) is 70.8 Å². The highest BCUT2D eigenvalue weighted by Gasteiger charge is 2.43. The van der Waals surface area contributed by atoms with E-state index in [0.717, 1.165) is 30.0 Å². The van der Waals surface area contributed by atoms with Crippen molar-refractivity contribution in [2.24, 2.45) is 11.7 Å². The van der Waals surface area contributed by atoms with Gasteiger partial charge in [0, 0.05) is 49.0 Å². The van der Waals surface area contributed by atoms with Crippen LogP contribution in [0.15, 0.2) is 24.4 Å². The van der Waals surface area contributed by atoms with E-state index in [2.05, 4.69) is 28.8 Å². The lowest BCUT2D eigenvalue weighted by Gasteiger charge is -2.29. The molecule has 1 atom stereocenters. The molecule has 186 valence electrons. The van der Waals surface area contributed by atoms with Gasteiger partial charge in [0.05, 0.1) is 12.1 Å². The number of sulfone groups is 1. The number of rotatable bonds is 6. The zero-order valence-electron chi connectivity index (χ0n) is 19.7. The summed E-state index contributed by atoms with van der Waals surface area (Å²) in [4.78, 5) is 25.4. The Bertz CT molecular complexity index is 1340. The summed E-state index contributed by atoms with van der Waals surface area (Å²) in [5.74, 6) is 11.1. The van der Waals surface area contributed by atoms with Crippen LogP contribution in [0.25, 0.3) is 10.9 Å². The van der Waals surface area contributed by atoms with E-state index in [1.54, 1.807) is 15.8 Å². The minimum Gasteiger partial charge on any atom is -0.342 e. The fraction of sp³-hybridized carbons (Fsp3) is 0.458. The number of carbonyl (C=O) groups excluding carboxylic acids is 2. The SMILES string of the molecule is CC(CCn1cc2cc(C#CC#CC3CCN(C(=O)CN)CC3)ccc2n1)(C(=O)NO)S(C)(=O)=O. The molecule has 1 aromatic carbocycles. The Kier molecular flexibility index (Phi) is 8.18. The third-order valence-electron chi connectivity index (χ3n) is 6.34. The summed E-state index contributed by atoms with van der Waals surface area (Å²) in [7, 11) is -3.78. The number of nitrogens with one attached hydrogen (secondary N) is 1. The quantitative estimate of drug-likeness (QED) is 0.294. The van der Waals surface area contributed by atoms with Crippen LogP contribution in [0.2, 0.25) is 0 Å². The molecule has 1 aliphatic heterocycles. The zero-order chi connectivity index (χ0) is 25.6. The second kappa shape index (κ2) is 10.9. The minimum absolute atomic E-state index is 0.0324. The molecule has 2 aromatic rings. The number of fused-ring (bicyclic) bond motifs is 1. The van der Waals surface area contributed by atoms with Crippen LogP contribution in [0, 0.1) is 29.6 Å². The molecule has 0 bridgehead atoms. The summed E-state index contributed by atoms with van der Waals surface area (Å²) < 4.78 is 24.0. The molecule has 10 nitrogen and oxygen atoms in total. The van der Waals surface area contributed by atoms with E-state index in [-0.39, 0.29) is 31.3 Å². The Morgan fingerprint density at radius 1 is 1.29 bits per heavy atom. The molecule has 3 rings (SSSR count). The fourth-order valence-electron chi connectivity index (χ4n) is 3.83. The number of nitrogens with two attached hydrogens (primary N) is 1. The first-order valence-corrected chi connectivity index (χ1v) is 13.1. The van der Waals surface area contributed by atoms with Crippen molar-refractivity contribution in [3.63, 3.8) is 0 Å². The molecule has 1 aromatic heterocycles. The van der Waals surface area contributed by atoms with E-state index >= 15 is 0 Å². The van der Waals surface area contributed by atoms with Gasteiger partial charge >= 0.3 is 0 Å². The van der Waals surface area contributed by atoms with Gasteiger partial charge in [0.1, 0.15) is 0 Å². The summed E-state index contributed by atoms with van der Waals surface area (Å²) in [5.41, 5.74) is 8.31. The number of hydrogen-bond donors (Lipinski definition) is 3. The first-order chi connectivity index (χ1) is 16.6. The van der Waals surface area contributed by atoms with Gasteiger partial charge in [-0.15, -0.1) is 0 Å². The molecule has 11 heteroatoms. The zero-order valence-corrected chi connectivity index (χ0v) is 20.6. The molecule has 0 saturated carbocycles. The van der Waals surface area contributed by atoms with Gasteiger partial charge in [0.2, 0.25) is 5.91 Å². The van der Waals surface area contributed by atoms with Crippen molar-refractivity contribution in [2.75, 3.05) is 25.9 Å².